The summed E-state index contributed by atoms with van der Waals surface area (Å²) in [5.41, 5.74) is 1.86. The molecule has 4 heterocycles. The lowest BCUT2D eigenvalue weighted by Crippen LogP contribution is -2.48. The number of rotatable bonds is 8. The number of hydrogen-bond donors (Lipinski definition) is 1. The van der Waals surface area contributed by atoms with E-state index in [1.807, 2.05) is 46.8 Å². The third-order valence-electron chi connectivity index (χ3n) is 8.00. The Hall–Kier alpha value is -5.43. The van der Waals surface area contributed by atoms with Crippen LogP contribution >= 0.6 is 0 Å². The molecule has 1 saturated heterocycles. The molecular formula is C34H31F3N6O4. The smallest absolute Gasteiger partial charge is 0.417 e. The number of halogens is 3. The lowest BCUT2D eigenvalue weighted by molar-refractivity contribution is -0.137. The van der Waals surface area contributed by atoms with Gasteiger partial charge < -0.3 is 24.3 Å². The van der Waals surface area contributed by atoms with Crippen molar-refractivity contribution in [1.82, 2.24) is 24.3 Å². The van der Waals surface area contributed by atoms with E-state index >= 15 is 0 Å². The molecule has 0 radical (unpaired) electrons. The van der Waals surface area contributed by atoms with Gasteiger partial charge in [-0.1, -0.05) is 12.1 Å². The van der Waals surface area contributed by atoms with Gasteiger partial charge in [-0.3, -0.25) is 19.5 Å². The number of aromatic nitrogens is 3. The summed E-state index contributed by atoms with van der Waals surface area (Å²) in [4.78, 5) is 37.9. The molecule has 0 bridgehead atoms. The average Bonchev–Trinajstić information content (AvgIpc) is 3.41. The molecule has 2 amide bonds. The van der Waals surface area contributed by atoms with Gasteiger partial charge in [-0.15, -0.1) is 0 Å². The van der Waals surface area contributed by atoms with Gasteiger partial charge in [0, 0.05) is 62.9 Å². The first kappa shape index (κ1) is 31.5. The minimum atomic E-state index is -4.54. The first-order valence-corrected chi connectivity index (χ1v) is 14.8. The first-order valence-electron chi connectivity index (χ1n) is 14.8. The van der Waals surface area contributed by atoms with E-state index in [1.54, 1.807) is 25.3 Å². The molecule has 13 heteroatoms. The topological polar surface area (TPSA) is 102 Å². The Bertz CT molecular complexity index is 1880. The van der Waals surface area contributed by atoms with E-state index in [0.29, 0.717) is 36.4 Å². The Balaban J connectivity index is 1.05. The predicted molar refractivity (Wildman–Crippen MR) is 169 cm³/mol. The van der Waals surface area contributed by atoms with Gasteiger partial charge in [0.15, 0.2) is 0 Å². The molecule has 6 rings (SSSR count). The molecule has 0 saturated carbocycles. The number of piperazine rings is 1. The maximum absolute atomic E-state index is 13.5. The molecule has 1 fully saturated rings. The molecule has 1 N–H and O–H groups in total. The van der Waals surface area contributed by atoms with Crippen LogP contribution in [0.1, 0.15) is 32.1 Å². The number of alkyl halides is 3. The van der Waals surface area contributed by atoms with Crippen molar-refractivity contribution >= 4 is 28.4 Å². The van der Waals surface area contributed by atoms with Crippen LogP contribution in [0.4, 0.5) is 18.9 Å². The van der Waals surface area contributed by atoms with Gasteiger partial charge in [0.2, 0.25) is 5.88 Å². The summed E-state index contributed by atoms with van der Waals surface area (Å²) in [7, 11) is 3.52. The van der Waals surface area contributed by atoms with E-state index in [0.717, 1.165) is 48.4 Å². The van der Waals surface area contributed by atoms with Gasteiger partial charge in [-0.25, -0.2) is 4.98 Å². The minimum Gasteiger partial charge on any atom is -0.497 e. The van der Waals surface area contributed by atoms with Crippen LogP contribution in [0.3, 0.4) is 0 Å². The highest BCUT2D eigenvalue weighted by atomic mass is 19.4. The van der Waals surface area contributed by atoms with Crippen LogP contribution in [-0.4, -0.2) is 69.4 Å². The number of nitrogens with zero attached hydrogens (tertiary/aromatic N) is 5. The second-order valence-corrected chi connectivity index (χ2v) is 11.1. The van der Waals surface area contributed by atoms with E-state index in [9.17, 15) is 22.8 Å². The molecule has 242 valence electrons. The van der Waals surface area contributed by atoms with Crippen molar-refractivity contribution in [3.8, 4) is 17.4 Å². The monoisotopic (exact) mass is 644 g/mol. The first-order chi connectivity index (χ1) is 22.6. The second kappa shape index (κ2) is 13.1. The van der Waals surface area contributed by atoms with Gasteiger partial charge in [-0.2, -0.15) is 13.2 Å². The van der Waals surface area contributed by atoms with E-state index < -0.39 is 17.6 Å². The van der Waals surface area contributed by atoms with Crippen molar-refractivity contribution in [2.24, 2.45) is 7.05 Å². The van der Waals surface area contributed by atoms with E-state index in [4.69, 9.17) is 9.47 Å². The van der Waals surface area contributed by atoms with Crippen molar-refractivity contribution in [3.05, 3.63) is 108 Å². The number of amides is 2. The zero-order valence-corrected chi connectivity index (χ0v) is 25.6. The summed E-state index contributed by atoms with van der Waals surface area (Å²) in [5.74, 6) is 0.889. The number of benzene rings is 2. The lowest BCUT2D eigenvalue weighted by atomic mass is 10.2. The number of aryl methyl sites for hydroxylation is 1. The van der Waals surface area contributed by atoms with Gasteiger partial charge in [0.1, 0.15) is 22.9 Å². The zero-order chi connectivity index (χ0) is 33.1. The number of carbonyl (C=O) groups excluding carboxylic acids is 2. The van der Waals surface area contributed by atoms with E-state index in [2.05, 4.69) is 32.3 Å². The fourth-order valence-corrected chi connectivity index (χ4v) is 5.38. The summed E-state index contributed by atoms with van der Waals surface area (Å²) < 4.78 is 51.3. The highest BCUT2D eigenvalue weighted by Crippen LogP contribution is 2.29. The van der Waals surface area contributed by atoms with Crippen molar-refractivity contribution in [3.63, 3.8) is 0 Å². The van der Waals surface area contributed by atoms with Crippen LogP contribution in [-0.2, 0) is 19.8 Å². The van der Waals surface area contributed by atoms with Crippen molar-refractivity contribution in [1.29, 1.82) is 0 Å². The largest absolute Gasteiger partial charge is 0.497 e. The molecule has 3 aromatic heterocycles. The van der Waals surface area contributed by atoms with Crippen LogP contribution in [0.5, 0.6) is 17.4 Å². The van der Waals surface area contributed by atoms with Gasteiger partial charge in [-0.05, 0) is 60.2 Å². The minimum absolute atomic E-state index is 0.0268. The van der Waals surface area contributed by atoms with Crippen LogP contribution in [0.25, 0.3) is 10.9 Å². The molecule has 0 unspecified atom stereocenters. The molecule has 1 aliphatic rings. The molecule has 0 spiro atoms. The summed E-state index contributed by atoms with van der Waals surface area (Å²) in [5, 5.41) is 3.38. The van der Waals surface area contributed by atoms with Crippen molar-refractivity contribution in [2.75, 3.05) is 38.6 Å². The third-order valence-corrected chi connectivity index (χ3v) is 8.00. The third kappa shape index (κ3) is 7.20. The number of pyridine rings is 2. The molecule has 2 aromatic carbocycles. The number of carbonyl (C=O) groups is 2. The number of methoxy groups -OCH3 is 1. The Labute approximate surface area is 268 Å². The summed E-state index contributed by atoms with van der Waals surface area (Å²) in [6.45, 7) is 3.64. The Morgan fingerprint density at radius 3 is 2.26 bits per heavy atom. The fraction of sp³-hybridized carbons (Fsp3) is 0.235. The van der Waals surface area contributed by atoms with Crippen LogP contribution < -0.4 is 14.8 Å². The molecule has 10 nitrogen and oxygen atoms in total. The molecule has 0 atom stereocenters. The Morgan fingerprint density at radius 2 is 1.62 bits per heavy atom. The Morgan fingerprint density at radius 1 is 0.872 bits per heavy atom. The highest BCUT2D eigenvalue weighted by molar-refractivity contribution is 6.02. The van der Waals surface area contributed by atoms with Crippen LogP contribution in [0.15, 0.2) is 85.2 Å². The van der Waals surface area contributed by atoms with E-state index in [1.165, 1.54) is 11.8 Å². The fourth-order valence-electron chi connectivity index (χ4n) is 5.38. The molecule has 47 heavy (non-hydrogen) atoms. The SMILES string of the molecule is COc1ccc(CN2CCN(C(=O)c3cc4cc(Oc5ccc(NC(=O)c6ccc(C(F)(F)F)cn6)cn5)ccc4n3C)CC2)cc1. The van der Waals surface area contributed by atoms with E-state index in [-0.39, 0.29) is 17.5 Å². The van der Waals surface area contributed by atoms with Gasteiger partial charge in [0.05, 0.1) is 24.6 Å². The average molecular weight is 645 g/mol. The molecule has 5 aromatic rings. The van der Waals surface area contributed by atoms with Crippen molar-refractivity contribution in [2.45, 2.75) is 12.7 Å². The lowest BCUT2D eigenvalue weighted by Gasteiger charge is -2.34. The molecular weight excluding hydrogens is 613 g/mol. The quantitative estimate of drug-likeness (QED) is 0.221. The van der Waals surface area contributed by atoms with Gasteiger partial charge >= 0.3 is 6.18 Å². The zero-order valence-electron chi connectivity index (χ0n) is 25.6. The summed E-state index contributed by atoms with van der Waals surface area (Å²) in [6.07, 6.45) is -2.56. The molecule has 1 aliphatic heterocycles. The van der Waals surface area contributed by atoms with Crippen molar-refractivity contribution < 1.29 is 32.2 Å². The number of hydrogen-bond acceptors (Lipinski definition) is 7. The Kier molecular flexibility index (Phi) is 8.81. The highest BCUT2D eigenvalue weighted by Gasteiger charge is 2.31. The standard InChI is InChI=1S/C34H31F3N6O4/c1-41-29-11-9-27(47-31-12-6-25(20-39-31)40-32(44)28-10-5-24(19-38-28)34(35,36)37)17-23(29)18-30(41)33(45)43-15-13-42(14-16-43)21-22-3-7-26(46-2)8-4-22/h3-12,17-20H,13-16,21H2,1-2H3,(H,40,44). The number of ether oxygens (including phenoxy) is 2. The maximum Gasteiger partial charge on any atom is 0.417 e. The molecule has 0 aliphatic carbocycles. The summed E-state index contributed by atoms with van der Waals surface area (Å²) in [6, 6.07) is 20.3. The van der Waals surface area contributed by atoms with Crippen LogP contribution in [0, 0.1) is 0 Å². The number of nitrogens with one attached hydrogen (secondary N) is 1. The van der Waals surface area contributed by atoms with Crippen LogP contribution in [0.2, 0.25) is 0 Å². The maximum atomic E-state index is 13.5. The predicted octanol–water partition coefficient (Wildman–Crippen LogP) is 6.00. The number of fused-ring (bicyclic) bond motifs is 1. The van der Waals surface area contributed by atoms with Gasteiger partial charge in [0.25, 0.3) is 11.8 Å². The second-order valence-electron chi connectivity index (χ2n) is 11.1. The number of anilines is 1. The summed E-state index contributed by atoms with van der Waals surface area (Å²) >= 11 is 0. The normalized spacial score (nSPS) is 13.9.